The lowest BCUT2D eigenvalue weighted by Crippen LogP contribution is -2.79. The molecule has 2 aromatic rings. The molecule has 1 amide bonds. The fraction of sp³-hybridized carbons (Fsp3) is 0.333. The van der Waals surface area contributed by atoms with Crippen LogP contribution in [0.2, 0.25) is 0 Å². The third-order valence-electron chi connectivity index (χ3n) is 5.91. The molecule has 0 spiro atoms. The number of benzene rings is 2. The zero-order valence-electron chi connectivity index (χ0n) is 19.3. The van der Waals surface area contributed by atoms with Crippen LogP contribution in [0.5, 0.6) is 0 Å². The molecular weight excluding hydrogens is 533 g/mol. The van der Waals surface area contributed by atoms with E-state index in [1.54, 1.807) is 0 Å². The summed E-state index contributed by atoms with van der Waals surface area (Å²) >= 11 is 0. The second-order valence-corrected chi connectivity index (χ2v) is 10.3. The van der Waals surface area contributed by atoms with E-state index in [0.717, 1.165) is 36.3 Å². The monoisotopic (exact) mass is 551 g/mol. The summed E-state index contributed by atoms with van der Waals surface area (Å²) in [5, 5.41) is 10.8. The Balaban J connectivity index is 2.10. The normalized spacial score (nSPS) is 17.9. The third kappa shape index (κ3) is 4.61. The van der Waals surface area contributed by atoms with Crippen molar-refractivity contribution in [3.8, 4) is 0 Å². The number of ether oxygens (including phenoxy) is 1. The molecule has 3 rings (SSSR count). The number of nitro groups is 1. The molecule has 0 aliphatic carbocycles. The van der Waals surface area contributed by atoms with Crippen LogP contribution < -0.4 is 4.72 Å². The fourth-order valence-corrected chi connectivity index (χ4v) is 5.15. The van der Waals surface area contributed by atoms with Gasteiger partial charge in [0, 0.05) is 24.1 Å². The van der Waals surface area contributed by atoms with Crippen molar-refractivity contribution in [1.29, 1.82) is 0 Å². The number of carbonyl (C=O) groups excluding carboxylic acids is 2. The number of nitrogens with zero attached hydrogens (tertiary/aromatic N) is 2. The standard InChI is InChI=1S/C21H18F5N3O7S/c1-20(2,19(31)36-3)28-9-21(18(28)30,8-12-13(22)15(24)17(26)16(25)14(12)23)27-37(34,35)11-6-4-10(5-7-11)29(32)33/h4-7,27H,8-9H2,1-3H3/t21-/m1/s1. The molecule has 200 valence electrons. The Kier molecular flexibility index (Phi) is 7.04. The molecule has 1 aliphatic heterocycles. The number of amides is 1. The van der Waals surface area contributed by atoms with Gasteiger partial charge in [-0.1, -0.05) is 0 Å². The van der Waals surface area contributed by atoms with Gasteiger partial charge in [-0.25, -0.2) is 35.2 Å². The average Bonchev–Trinajstić information content (AvgIpc) is 2.85. The van der Waals surface area contributed by atoms with E-state index in [4.69, 9.17) is 0 Å². The number of methoxy groups -OCH3 is 1. The largest absolute Gasteiger partial charge is 0.467 e. The first-order valence-corrected chi connectivity index (χ1v) is 11.7. The molecule has 1 saturated heterocycles. The van der Waals surface area contributed by atoms with Crippen molar-refractivity contribution in [2.24, 2.45) is 0 Å². The number of likely N-dealkylation sites (tertiary alicyclic amines) is 1. The van der Waals surface area contributed by atoms with Gasteiger partial charge in [0.2, 0.25) is 21.7 Å². The Bertz CT molecular complexity index is 1390. The zero-order chi connectivity index (χ0) is 28.1. The highest BCUT2D eigenvalue weighted by Crippen LogP contribution is 2.37. The lowest BCUT2D eigenvalue weighted by Gasteiger charge is -2.54. The molecule has 0 saturated carbocycles. The minimum atomic E-state index is -4.77. The Morgan fingerprint density at radius 3 is 2.00 bits per heavy atom. The van der Waals surface area contributed by atoms with E-state index in [1.165, 1.54) is 13.8 Å². The van der Waals surface area contributed by atoms with Gasteiger partial charge in [0.25, 0.3) is 5.69 Å². The Labute approximate surface area is 206 Å². The molecule has 1 atom stereocenters. The fourth-order valence-electron chi connectivity index (χ4n) is 3.80. The van der Waals surface area contributed by atoms with E-state index >= 15 is 0 Å². The molecule has 1 fully saturated rings. The molecule has 0 radical (unpaired) electrons. The van der Waals surface area contributed by atoms with Crippen molar-refractivity contribution in [2.75, 3.05) is 13.7 Å². The van der Waals surface area contributed by atoms with Crippen LogP contribution in [-0.2, 0) is 30.8 Å². The van der Waals surface area contributed by atoms with E-state index in [9.17, 15) is 50.1 Å². The zero-order valence-corrected chi connectivity index (χ0v) is 20.1. The second-order valence-electron chi connectivity index (χ2n) is 8.61. The summed E-state index contributed by atoms with van der Waals surface area (Å²) in [6.45, 7) is 1.72. The first-order valence-electron chi connectivity index (χ1n) is 10.2. The number of halogens is 5. The summed E-state index contributed by atoms with van der Waals surface area (Å²) in [6.07, 6.45) is -1.32. The first-order chi connectivity index (χ1) is 17.0. The molecule has 0 bridgehead atoms. The average molecular weight is 551 g/mol. The molecule has 10 nitrogen and oxygen atoms in total. The van der Waals surface area contributed by atoms with Crippen molar-refractivity contribution >= 4 is 27.6 Å². The highest BCUT2D eigenvalue weighted by molar-refractivity contribution is 7.89. The molecule has 2 aromatic carbocycles. The lowest BCUT2D eigenvalue weighted by molar-refractivity contribution is -0.384. The number of β-lactam (4-membered cyclic amide) rings is 1. The van der Waals surface area contributed by atoms with Gasteiger partial charge in [-0.3, -0.25) is 14.9 Å². The van der Waals surface area contributed by atoms with Gasteiger partial charge < -0.3 is 9.64 Å². The van der Waals surface area contributed by atoms with E-state index in [0.29, 0.717) is 0 Å². The van der Waals surface area contributed by atoms with Gasteiger partial charge in [-0.05, 0) is 26.0 Å². The van der Waals surface area contributed by atoms with Crippen LogP contribution in [0.4, 0.5) is 27.6 Å². The summed E-state index contributed by atoms with van der Waals surface area (Å²) in [4.78, 5) is 35.6. The number of rotatable bonds is 8. The van der Waals surface area contributed by atoms with E-state index < -0.39 is 96.1 Å². The highest BCUT2D eigenvalue weighted by Gasteiger charge is 2.60. The van der Waals surface area contributed by atoms with Gasteiger partial charge in [0.1, 0.15) is 11.1 Å². The number of hydrogen-bond acceptors (Lipinski definition) is 7. The van der Waals surface area contributed by atoms with Crippen LogP contribution >= 0.6 is 0 Å². The molecule has 1 heterocycles. The minimum absolute atomic E-state index is 0.471. The maximum atomic E-state index is 14.4. The SMILES string of the molecule is COC(=O)C(C)(C)N1C[C@@](Cc2c(F)c(F)c(F)c(F)c2F)(NS(=O)(=O)c2ccc([N+](=O)[O-])cc2)C1=O. The quantitative estimate of drug-likeness (QED) is 0.101. The van der Waals surface area contributed by atoms with E-state index in [2.05, 4.69) is 4.74 Å². The topological polar surface area (TPSA) is 136 Å². The highest BCUT2D eigenvalue weighted by atomic mass is 32.2. The van der Waals surface area contributed by atoms with Crippen molar-refractivity contribution in [1.82, 2.24) is 9.62 Å². The van der Waals surface area contributed by atoms with Gasteiger partial charge in [0.05, 0.1) is 23.5 Å². The van der Waals surface area contributed by atoms with Gasteiger partial charge in [-0.15, -0.1) is 0 Å². The van der Waals surface area contributed by atoms with Crippen molar-refractivity contribution < 1.29 is 49.6 Å². The smallest absolute Gasteiger partial charge is 0.331 e. The molecule has 37 heavy (non-hydrogen) atoms. The molecule has 1 aliphatic rings. The predicted octanol–water partition coefficient (Wildman–Crippen LogP) is 2.34. The van der Waals surface area contributed by atoms with Crippen molar-refractivity contribution in [3.05, 3.63) is 69.0 Å². The number of nitrogens with one attached hydrogen (secondary N) is 1. The molecule has 16 heteroatoms. The number of carbonyl (C=O) groups is 2. The Morgan fingerprint density at radius 1 is 1.08 bits per heavy atom. The van der Waals surface area contributed by atoms with Crippen LogP contribution in [0, 0.1) is 39.2 Å². The maximum absolute atomic E-state index is 14.4. The molecular formula is C21H18F5N3O7S. The van der Waals surface area contributed by atoms with Crippen molar-refractivity contribution in [3.63, 3.8) is 0 Å². The van der Waals surface area contributed by atoms with Gasteiger partial charge >= 0.3 is 5.97 Å². The van der Waals surface area contributed by atoms with Crippen LogP contribution in [0.3, 0.4) is 0 Å². The van der Waals surface area contributed by atoms with E-state index in [-0.39, 0.29) is 0 Å². The Morgan fingerprint density at radius 2 is 1.57 bits per heavy atom. The van der Waals surface area contributed by atoms with Crippen LogP contribution in [0.25, 0.3) is 0 Å². The number of esters is 1. The third-order valence-corrected chi connectivity index (χ3v) is 7.46. The maximum Gasteiger partial charge on any atom is 0.331 e. The van der Waals surface area contributed by atoms with Crippen LogP contribution in [-0.4, -0.2) is 54.8 Å². The minimum Gasteiger partial charge on any atom is -0.467 e. The summed E-state index contributed by atoms with van der Waals surface area (Å²) < 4.78 is 103. The lowest BCUT2D eigenvalue weighted by atomic mass is 9.79. The van der Waals surface area contributed by atoms with E-state index in [1.807, 2.05) is 4.72 Å². The predicted molar refractivity (Wildman–Crippen MR) is 114 cm³/mol. The second kappa shape index (κ2) is 9.33. The summed E-state index contributed by atoms with van der Waals surface area (Å²) in [5.41, 5.74) is -6.14. The van der Waals surface area contributed by atoms with Crippen molar-refractivity contribution in [2.45, 2.75) is 36.2 Å². The van der Waals surface area contributed by atoms with Gasteiger partial charge in [-0.2, -0.15) is 4.72 Å². The molecule has 1 N–H and O–H groups in total. The number of sulfonamides is 1. The Hall–Kier alpha value is -3.66. The number of hydrogen-bond donors (Lipinski definition) is 1. The number of non-ortho nitro benzene ring substituents is 1. The van der Waals surface area contributed by atoms with Crippen LogP contribution in [0.1, 0.15) is 19.4 Å². The van der Waals surface area contributed by atoms with Crippen LogP contribution in [0.15, 0.2) is 29.2 Å². The molecule has 0 unspecified atom stereocenters. The van der Waals surface area contributed by atoms with Gasteiger partial charge in [0.15, 0.2) is 23.3 Å². The number of nitro benzene ring substituents is 1. The molecule has 0 aromatic heterocycles. The summed E-state index contributed by atoms with van der Waals surface area (Å²) in [5.74, 6) is -13.8. The summed E-state index contributed by atoms with van der Waals surface area (Å²) in [7, 11) is -3.76. The first kappa shape index (κ1) is 27.9. The summed E-state index contributed by atoms with van der Waals surface area (Å²) in [6, 6.07) is 3.29.